The summed E-state index contributed by atoms with van der Waals surface area (Å²) in [6, 6.07) is 27.7. The maximum absolute atomic E-state index is 3.50. The number of para-hydroxylation sites is 1. The number of halogens is 1. The fraction of sp³-hybridized carbons (Fsp3) is 0.154. The van der Waals surface area contributed by atoms with Gasteiger partial charge in [-0.2, -0.15) is 0 Å². The van der Waals surface area contributed by atoms with E-state index >= 15 is 0 Å². The first-order chi connectivity index (χ1) is 14.3. The number of aromatic nitrogens is 1. The molecular weight excluding hydrogens is 420 g/mol. The molecule has 29 heavy (non-hydrogen) atoms. The Bertz CT molecular complexity index is 1060. The van der Waals surface area contributed by atoms with Crippen LogP contribution in [0.3, 0.4) is 0 Å². The van der Waals surface area contributed by atoms with Crippen LogP contribution in [0, 0.1) is 0 Å². The first kappa shape index (κ1) is 19.7. The molecule has 0 spiro atoms. The van der Waals surface area contributed by atoms with Gasteiger partial charge in [0.15, 0.2) is 0 Å². The number of hydrogen-bond acceptors (Lipinski definition) is 1. The summed E-state index contributed by atoms with van der Waals surface area (Å²) in [4.78, 5) is 5.90. The molecule has 1 N–H and O–H groups in total. The van der Waals surface area contributed by atoms with E-state index in [1.54, 1.807) is 0 Å². The molecule has 4 rings (SSSR count). The Balaban J connectivity index is 1.44. The van der Waals surface area contributed by atoms with Gasteiger partial charge >= 0.3 is 0 Å². The van der Waals surface area contributed by atoms with Gasteiger partial charge in [0, 0.05) is 41.2 Å². The van der Waals surface area contributed by atoms with E-state index in [2.05, 4.69) is 123 Å². The van der Waals surface area contributed by atoms with Crippen molar-refractivity contribution in [2.45, 2.75) is 13.0 Å². The van der Waals surface area contributed by atoms with Gasteiger partial charge in [-0.1, -0.05) is 88.7 Å². The van der Waals surface area contributed by atoms with E-state index in [1.807, 2.05) is 0 Å². The van der Waals surface area contributed by atoms with Gasteiger partial charge in [0.25, 0.3) is 0 Å². The van der Waals surface area contributed by atoms with E-state index in [-0.39, 0.29) is 0 Å². The molecule has 0 aliphatic rings. The second-order valence-electron chi connectivity index (χ2n) is 7.28. The number of aromatic amines is 1. The lowest BCUT2D eigenvalue weighted by Gasteiger charge is -2.21. The average Bonchev–Trinajstić information content (AvgIpc) is 3.17. The molecule has 2 nitrogen and oxygen atoms in total. The predicted octanol–water partition coefficient (Wildman–Crippen LogP) is 6.69. The van der Waals surface area contributed by atoms with E-state index in [4.69, 9.17) is 0 Å². The van der Waals surface area contributed by atoms with Crippen LogP contribution in [-0.2, 0) is 13.0 Å². The summed E-state index contributed by atoms with van der Waals surface area (Å²) >= 11 is 3.50. The summed E-state index contributed by atoms with van der Waals surface area (Å²) in [5, 5.41) is 1.33. The summed E-state index contributed by atoms with van der Waals surface area (Å²) in [7, 11) is 0. The molecule has 3 heteroatoms. The van der Waals surface area contributed by atoms with Crippen LogP contribution >= 0.6 is 15.9 Å². The molecule has 0 saturated carbocycles. The molecule has 0 aliphatic carbocycles. The van der Waals surface area contributed by atoms with Gasteiger partial charge in [0.05, 0.1) is 0 Å². The Hall–Kier alpha value is -2.62. The molecule has 0 amide bonds. The minimum atomic E-state index is 0.924. The summed E-state index contributed by atoms with van der Waals surface area (Å²) in [5.74, 6) is 0. The Morgan fingerprint density at radius 1 is 0.862 bits per heavy atom. The third-order valence-electron chi connectivity index (χ3n) is 5.17. The molecule has 3 aromatic carbocycles. The minimum absolute atomic E-state index is 0.924. The van der Waals surface area contributed by atoms with Crippen molar-refractivity contribution >= 4 is 32.9 Å². The fourth-order valence-corrected chi connectivity index (χ4v) is 3.87. The van der Waals surface area contributed by atoms with Crippen molar-refractivity contribution in [3.8, 4) is 0 Å². The predicted molar refractivity (Wildman–Crippen MR) is 127 cm³/mol. The van der Waals surface area contributed by atoms with E-state index in [1.165, 1.54) is 27.6 Å². The quantitative estimate of drug-likeness (QED) is 0.320. The number of hydrogen-bond donors (Lipinski definition) is 1. The second-order valence-corrected chi connectivity index (χ2v) is 8.20. The van der Waals surface area contributed by atoms with Crippen molar-refractivity contribution in [2.75, 3.05) is 13.1 Å². The lowest BCUT2D eigenvalue weighted by atomic mass is 10.1. The molecule has 0 aliphatic heterocycles. The lowest BCUT2D eigenvalue weighted by Crippen LogP contribution is -2.25. The highest BCUT2D eigenvalue weighted by Gasteiger charge is 2.08. The minimum Gasteiger partial charge on any atom is -0.361 e. The molecule has 4 aromatic rings. The third kappa shape index (κ3) is 5.47. The number of nitrogens with zero attached hydrogens (tertiary/aromatic N) is 1. The van der Waals surface area contributed by atoms with Gasteiger partial charge in [-0.25, -0.2) is 0 Å². The van der Waals surface area contributed by atoms with Crippen molar-refractivity contribution in [2.24, 2.45) is 0 Å². The number of benzene rings is 3. The van der Waals surface area contributed by atoms with Gasteiger partial charge < -0.3 is 4.98 Å². The van der Waals surface area contributed by atoms with Crippen LogP contribution in [-0.4, -0.2) is 23.0 Å². The third-order valence-corrected chi connectivity index (χ3v) is 5.69. The van der Waals surface area contributed by atoms with Crippen molar-refractivity contribution < 1.29 is 0 Å². The van der Waals surface area contributed by atoms with Crippen LogP contribution in [0.5, 0.6) is 0 Å². The Morgan fingerprint density at radius 2 is 1.62 bits per heavy atom. The van der Waals surface area contributed by atoms with E-state index in [0.29, 0.717) is 0 Å². The van der Waals surface area contributed by atoms with Crippen LogP contribution in [0.15, 0.2) is 95.6 Å². The lowest BCUT2D eigenvalue weighted by molar-refractivity contribution is 0.299. The van der Waals surface area contributed by atoms with E-state index < -0.39 is 0 Å². The highest BCUT2D eigenvalue weighted by Crippen LogP contribution is 2.19. The number of H-pyrrole nitrogens is 1. The Kier molecular flexibility index (Phi) is 6.60. The fourth-order valence-electron chi connectivity index (χ4n) is 3.61. The van der Waals surface area contributed by atoms with Gasteiger partial charge in [0.2, 0.25) is 0 Å². The molecule has 0 fully saturated rings. The molecule has 0 saturated heterocycles. The largest absolute Gasteiger partial charge is 0.361 e. The summed E-state index contributed by atoms with van der Waals surface area (Å²) in [6.45, 7) is 2.89. The van der Waals surface area contributed by atoms with E-state index in [0.717, 1.165) is 30.5 Å². The monoisotopic (exact) mass is 444 g/mol. The zero-order chi connectivity index (χ0) is 19.9. The standard InChI is InChI=1S/C26H25BrN2/c27-24-14-12-21(13-15-24)9-6-17-29(20-22-7-2-1-3-8-22)18-16-23-19-28-26-11-5-4-10-25(23)26/h1-15,19,28H,16-18,20H2. The molecule has 146 valence electrons. The normalized spacial score (nSPS) is 11.7. The van der Waals surface area contributed by atoms with Crippen LogP contribution in [0.4, 0.5) is 0 Å². The van der Waals surface area contributed by atoms with Crippen LogP contribution in [0.1, 0.15) is 16.7 Å². The SMILES string of the molecule is Brc1ccc(C=CCN(CCc2c[nH]c3ccccc23)Cc2ccccc2)cc1. The Morgan fingerprint density at radius 3 is 2.45 bits per heavy atom. The molecule has 1 aromatic heterocycles. The first-order valence-corrected chi connectivity index (χ1v) is 10.8. The van der Waals surface area contributed by atoms with Crippen LogP contribution < -0.4 is 0 Å². The van der Waals surface area contributed by atoms with Gasteiger partial charge in [-0.15, -0.1) is 0 Å². The maximum Gasteiger partial charge on any atom is 0.0456 e. The molecular formula is C26H25BrN2. The van der Waals surface area contributed by atoms with Crippen molar-refractivity contribution in [1.29, 1.82) is 0 Å². The van der Waals surface area contributed by atoms with Gasteiger partial charge in [-0.3, -0.25) is 4.90 Å². The van der Waals surface area contributed by atoms with Gasteiger partial charge in [-0.05, 0) is 41.3 Å². The molecule has 0 bridgehead atoms. The Labute approximate surface area is 181 Å². The van der Waals surface area contributed by atoms with Crippen molar-refractivity contribution in [1.82, 2.24) is 9.88 Å². The molecule has 0 unspecified atom stereocenters. The van der Waals surface area contributed by atoms with E-state index in [9.17, 15) is 0 Å². The highest BCUT2D eigenvalue weighted by molar-refractivity contribution is 9.10. The second kappa shape index (κ2) is 9.73. The smallest absolute Gasteiger partial charge is 0.0456 e. The summed E-state index contributed by atoms with van der Waals surface area (Å²) in [6.07, 6.45) is 7.66. The summed E-state index contributed by atoms with van der Waals surface area (Å²) in [5.41, 5.74) is 5.18. The summed E-state index contributed by atoms with van der Waals surface area (Å²) < 4.78 is 1.11. The maximum atomic E-state index is 3.50. The number of fused-ring (bicyclic) bond motifs is 1. The zero-order valence-corrected chi connectivity index (χ0v) is 18.0. The van der Waals surface area contributed by atoms with Crippen molar-refractivity contribution in [3.63, 3.8) is 0 Å². The highest BCUT2D eigenvalue weighted by atomic mass is 79.9. The zero-order valence-electron chi connectivity index (χ0n) is 16.4. The van der Waals surface area contributed by atoms with Crippen molar-refractivity contribution in [3.05, 3.63) is 112 Å². The molecule has 0 radical (unpaired) electrons. The molecule has 0 atom stereocenters. The van der Waals surface area contributed by atoms with Crippen LogP contribution in [0.2, 0.25) is 0 Å². The number of rotatable bonds is 8. The van der Waals surface area contributed by atoms with Crippen LogP contribution in [0.25, 0.3) is 17.0 Å². The topological polar surface area (TPSA) is 19.0 Å². The molecule has 1 heterocycles. The van der Waals surface area contributed by atoms with Gasteiger partial charge in [0.1, 0.15) is 0 Å². The number of nitrogens with one attached hydrogen (secondary N) is 1. The first-order valence-electron chi connectivity index (χ1n) is 10.0. The average molecular weight is 445 g/mol.